The Labute approximate surface area is 179 Å². The molecule has 5 atom stereocenters. The molecule has 3 nitrogen and oxygen atoms in total. The first-order chi connectivity index (χ1) is 13.3. The van der Waals surface area contributed by atoms with Gasteiger partial charge >= 0.3 is 0 Å². The van der Waals surface area contributed by atoms with Crippen molar-refractivity contribution in [3.05, 3.63) is 23.7 Å². The molecule has 1 aromatic heterocycles. The fourth-order valence-corrected chi connectivity index (χ4v) is 7.37. The SMILES string of the molecule is CCC(O)CC[C@@]1(C)[C@@H](O[Si](C)(C)C(C)(C)C)CC[C@@]2(C)c3cocc3CC[C@H]12. The highest BCUT2D eigenvalue weighted by Gasteiger charge is 2.57. The highest BCUT2D eigenvalue weighted by atomic mass is 28.4. The number of rotatable bonds is 6. The summed E-state index contributed by atoms with van der Waals surface area (Å²) >= 11 is 0. The van der Waals surface area contributed by atoms with Crippen molar-refractivity contribution in [2.75, 3.05) is 0 Å². The Balaban J connectivity index is 1.96. The third kappa shape index (κ3) is 4.02. The van der Waals surface area contributed by atoms with Crippen molar-refractivity contribution in [2.45, 2.75) is 122 Å². The summed E-state index contributed by atoms with van der Waals surface area (Å²) in [6, 6.07) is 0. The van der Waals surface area contributed by atoms with E-state index in [0.29, 0.717) is 5.92 Å². The Hall–Kier alpha value is -0.583. The summed E-state index contributed by atoms with van der Waals surface area (Å²) in [5.41, 5.74) is 3.07. The van der Waals surface area contributed by atoms with Crippen molar-refractivity contribution < 1.29 is 13.9 Å². The predicted octanol–water partition coefficient (Wildman–Crippen LogP) is 6.84. The lowest BCUT2D eigenvalue weighted by Gasteiger charge is -2.59. The Kier molecular flexibility index (Phi) is 6.24. The monoisotopic (exact) mass is 420 g/mol. The molecule has 1 heterocycles. The van der Waals surface area contributed by atoms with Gasteiger partial charge in [-0.2, -0.15) is 0 Å². The van der Waals surface area contributed by atoms with E-state index in [2.05, 4.69) is 54.6 Å². The van der Waals surface area contributed by atoms with Gasteiger partial charge in [0.15, 0.2) is 8.32 Å². The van der Waals surface area contributed by atoms with E-state index in [1.165, 1.54) is 17.5 Å². The lowest BCUT2D eigenvalue weighted by Crippen LogP contribution is -2.59. The number of aliphatic hydroxyl groups is 1. The summed E-state index contributed by atoms with van der Waals surface area (Å²) in [4.78, 5) is 0. The van der Waals surface area contributed by atoms with Gasteiger partial charge in [-0.1, -0.05) is 41.5 Å². The highest BCUT2D eigenvalue weighted by molar-refractivity contribution is 6.74. The molecule has 0 saturated heterocycles. The fourth-order valence-electron chi connectivity index (χ4n) is 5.92. The number of fused-ring (bicyclic) bond motifs is 3. The van der Waals surface area contributed by atoms with Crippen molar-refractivity contribution in [3.8, 4) is 0 Å². The van der Waals surface area contributed by atoms with Crippen molar-refractivity contribution in [1.29, 1.82) is 0 Å². The molecule has 2 aliphatic carbocycles. The minimum absolute atomic E-state index is 0.0770. The highest BCUT2D eigenvalue weighted by Crippen LogP contribution is 2.60. The Morgan fingerprint density at radius 2 is 1.93 bits per heavy atom. The van der Waals surface area contributed by atoms with Crippen LogP contribution in [0.5, 0.6) is 0 Å². The van der Waals surface area contributed by atoms with Crippen LogP contribution in [0.4, 0.5) is 0 Å². The van der Waals surface area contributed by atoms with Gasteiger partial charge in [0, 0.05) is 0 Å². The molecule has 1 saturated carbocycles. The molecule has 0 spiro atoms. The smallest absolute Gasteiger partial charge is 0.192 e. The molecule has 0 radical (unpaired) electrons. The molecule has 3 rings (SSSR count). The maximum absolute atomic E-state index is 10.4. The maximum atomic E-state index is 10.4. The van der Waals surface area contributed by atoms with Crippen LogP contribution in [0.25, 0.3) is 0 Å². The number of aryl methyl sites for hydroxylation is 1. The van der Waals surface area contributed by atoms with Crippen LogP contribution in [0.2, 0.25) is 18.1 Å². The lowest BCUT2D eigenvalue weighted by molar-refractivity contribution is -0.0873. The van der Waals surface area contributed by atoms with Crippen molar-refractivity contribution >= 4 is 8.32 Å². The quantitative estimate of drug-likeness (QED) is 0.512. The summed E-state index contributed by atoms with van der Waals surface area (Å²) in [6.45, 7) is 18.8. The summed E-state index contributed by atoms with van der Waals surface area (Å²) in [7, 11) is -1.87. The van der Waals surface area contributed by atoms with E-state index in [0.717, 1.165) is 38.5 Å². The van der Waals surface area contributed by atoms with Crippen molar-refractivity contribution in [3.63, 3.8) is 0 Å². The molecule has 2 aliphatic rings. The van der Waals surface area contributed by atoms with Gasteiger partial charge in [-0.3, -0.25) is 0 Å². The number of furan rings is 1. The molecule has 4 heteroatoms. The third-order valence-electron chi connectivity index (χ3n) is 9.02. The number of aliphatic hydroxyl groups excluding tert-OH is 1. The molecule has 29 heavy (non-hydrogen) atoms. The maximum Gasteiger partial charge on any atom is 0.192 e. The minimum Gasteiger partial charge on any atom is -0.472 e. The lowest BCUT2D eigenvalue weighted by atomic mass is 9.48. The second-order valence-electron chi connectivity index (χ2n) is 11.8. The molecule has 1 aromatic rings. The molecular weight excluding hydrogens is 376 g/mol. The molecule has 166 valence electrons. The largest absolute Gasteiger partial charge is 0.472 e. The van der Waals surface area contributed by atoms with Gasteiger partial charge in [0.2, 0.25) is 0 Å². The van der Waals surface area contributed by atoms with Crippen LogP contribution in [0.15, 0.2) is 16.9 Å². The first kappa shape index (κ1) is 23.1. The van der Waals surface area contributed by atoms with Gasteiger partial charge in [-0.25, -0.2) is 0 Å². The Bertz CT molecular complexity index is 703. The molecule has 0 amide bonds. The standard InChI is InChI=1S/C25H44O3Si/c1-9-19(26)12-14-25(6)21-11-10-18-16-27-17-20(18)24(21,5)15-13-22(25)28-29(7,8)23(2,3)4/h16-17,19,21-22,26H,9-15H2,1-8H3/t19?,21-,22-,24-,25+/m0/s1. The summed E-state index contributed by atoms with van der Waals surface area (Å²) < 4.78 is 12.8. The average Bonchev–Trinajstić information content (AvgIpc) is 3.11. The predicted molar refractivity (Wildman–Crippen MR) is 123 cm³/mol. The Morgan fingerprint density at radius 1 is 1.24 bits per heavy atom. The second-order valence-corrected chi connectivity index (χ2v) is 16.6. The zero-order valence-corrected chi connectivity index (χ0v) is 21.1. The van der Waals surface area contributed by atoms with Crippen LogP contribution in [0.3, 0.4) is 0 Å². The Morgan fingerprint density at radius 3 is 2.55 bits per heavy atom. The van der Waals surface area contributed by atoms with E-state index in [1.54, 1.807) is 0 Å². The first-order valence-electron chi connectivity index (χ1n) is 11.8. The van der Waals surface area contributed by atoms with Crippen LogP contribution in [-0.4, -0.2) is 25.6 Å². The second kappa shape index (κ2) is 7.83. The van der Waals surface area contributed by atoms with Crippen LogP contribution in [-0.2, 0) is 16.3 Å². The van der Waals surface area contributed by atoms with Crippen LogP contribution in [0, 0.1) is 11.3 Å². The first-order valence-corrected chi connectivity index (χ1v) is 14.7. The van der Waals surface area contributed by atoms with Gasteiger partial charge in [-0.05, 0) is 91.0 Å². The van der Waals surface area contributed by atoms with Gasteiger partial charge in [-0.15, -0.1) is 0 Å². The normalized spacial score (nSPS) is 33.8. The van der Waals surface area contributed by atoms with Crippen LogP contribution >= 0.6 is 0 Å². The molecular formula is C25H44O3Si. The molecule has 0 aliphatic heterocycles. The van der Waals surface area contributed by atoms with E-state index >= 15 is 0 Å². The zero-order valence-electron chi connectivity index (χ0n) is 20.1. The van der Waals surface area contributed by atoms with Crippen LogP contribution in [0.1, 0.15) is 91.2 Å². The van der Waals surface area contributed by atoms with E-state index in [-0.39, 0.29) is 28.1 Å². The summed E-state index contributed by atoms with van der Waals surface area (Å²) in [5.74, 6) is 0.563. The van der Waals surface area contributed by atoms with Crippen LogP contribution < -0.4 is 0 Å². The third-order valence-corrected chi connectivity index (χ3v) is 13.5. The summed E-state index contributed by atoms with van der Waals surface area (Å²) in [6.07, 6.45) is 11.3. The van der Waals surface area contributed by atoms with Gasteiger partial charge in [0.1, 0.15) is 0 Å². The number of hydrogen-bond acceptors (Lipinski definition) is 3. The van der Waals surface area contributed by atoms with E-state index in [9.17, 15) is 5.11 Å². The zero-order chi connectivity index (χ0) is 21.7. The summed E-state index contributed by atoms with van der Waals surface area (Å²) in [5, 5.41) is 10.6. The minimum atomic E-state index is -1.87. The molecule has 1 unspecified atom stereocenters. The van der Waals surface area contributed by atoms with Gasteiger partial charge in [0.05, 0.1) is 24.7 Å². The molecule has 1 fully saturated rings. The van der Waals surface area contributed by atoms with Gasteiger partial charge < -0.3 is 13.9 Å². The molecule has 0 bridgehead atoms. The number of hydrogen-bond donors (Lipinski definition) is 1. The van der Waals surface area contributed by atoms with Crippen molar-refractivity contribution in [1.82, 2.24) is 0 Å². The van der Waals surface area contributed by atoms with E-state index in [4.69, 9.17) is 8.84 Å². The van der Waals surface area contributed by atoms with E-state index < -0.39 is 8.32 Å². The van der Waals surface area contributed by atoms with Crippen molar-refractivity contribution in [2.24, 2.45) is 11.3 Å². The molecule has 0 aromatic carbocycles. The van der Waals surface area contributed by atoms with Gasteiger partial charge in [0.25, 0.3) is 0 Å². The van der Waals surface area contributed by atoms with E-state index in [1.807, 2.05) is 12.5 Å². The fraction of sp³-hybridized carbons (Fsp3) is 0.840. The topological polar surface area (TPSA) is 42.6 Å². The average molecular weight is 421 g/mol. The molecule has 1 N–H and O–H groups in total.